The Hall–Kier alpha value is -2.87. The summed E-state index contributed by atoms with van der Waals surface area (Å²) in [4.78, 5) is 20.8. The molecule has 0 fully saturated rings. The van der Waals surface area contributed by atoms with Crippen LogP contribution in [0.5, 0.6) is 5.75 Å². The van der Waals surface area contributed by atoms with Crippen molar-refractivity contribution in [3.8, 4) is 16.9 Å². The Kier molecular flexibility index (Phi) is 8.94. The summed E-state index contributed by atoms with van der Waals surface area (Å²) in [6.07, 6.45) is 1.85. The molecule has 1 amide bonds. The molecule has 2 N–H and O–H groups in total. The van der Waals surface area contributed by atoms with Gasteiger partial charge in [0.05, 0.1) is 5.02 Å². The van der Waals surface area contributed by atoms with Crippen LogP contribution in [0.4, 0.5) is 10.2 Å². The molecule has 186 valence electrons. The number of hydrogen-bond acceptors (Lipinski definition) is 5. The maximum Gasteiger partial charge on any atom is 0.253 e. The first-order valence-corrected chi connectivity index (χ1v) is 11.9. The van der Waals surface area contributed by atoms with Gasteiger partial charge in [0.25, 0.3) is 5.91 Å². The van der Waals surface area contributed by atoms with Crippen LogP contribution in [0.25, 0.3) is 11.1 Å². The Balaban J connectivity index is 1.76. The van der Waals surface area contributed by atoms with E-state index in [4.69, 9.17) is 33.7 Å². The van der Waals surface area contributed by atoms with Crippen LogP contribution >= 0.6 is 23.2 Å². The zero-order valence-electron chi connectivity index (χ0n) is 20.2. The summed E-state index contributed by atoms with van der Waals surface area (Å²) in [5.74, 6) is -0.130. The summed E-state index contributed by atoms with van der Waals surface area (Å²) in [6.45, 7) is 3.30. The van der Waals surface area contributed by atoms with Gasteiger partial charge in [-0.1, -0.05) is 35.3 Å². The molecule has 0 aliphatic heterocycles. The minimum Gasteiger partial charge on any atom is -0.482 e. The van der Waals surface area contributed by atoms with E-state index in [2.05, 4.69) is 9.88 Å². The molecule has 0 bridgehead atoms. The van der Waals surface area contributed by atoms with Crippen LogP contribution in [-0.4, -0.2) is 54.9 Å². The minimum absolute atomic E-state index is 0.0348. The Labute approximate surface area is 215 Å². The summed E-state index contributed by atoms with van der Waals surface area (Å²) in [5, 5.41) is 0.193. The number of benzene rings is 2. The maximum atomic E-state index is 13.9. The number of carbonyl (C=O) groups is 1. The van der Waals surface area contributed by atoms with Gasteiger partial charge in [0, 0.05) is 41.5 Å². The standard InChI is InChI=1S/C26H29Cl2FN4O2/c1-16(23-20(27)10-11-21(29)24(23)28)35-22-14-19(15-31-25(22)30)17-6-8-18(9-7-17)26(34)33(4)13-5-12-32(2)3/h6-11,14-16H,5,12-13H2,1-4H3,(H2,30,31)/t16-/m1/s1. The highest BCUT2D eigenvalue weighted by atomic mass is 35.5. The molecular weight excluding hydrogens is 490 g/mol. The quantitative estimate of drug-likeness (QED) is 0.355. The molecule has 3 rings (SSSR count). The number of ether oxygens (including phenoxy) is 1. The fourth-order valence-electron chi connectivity index (χ4n) is 3.62. The van der Waals surface area contributed by atoms with Crippen molar-refractivity contribution in [1.29, 1.82) is 0 Å². The fourth-order valence-corrected chi connectivity index (χ4v) is 4.30. The van der Waals surface area contributed by atoms with Crippen LogP contribution in [-0.2, 0) is 0 Å². The highest BCUT2D eigenvalue weighted by molar-refractivity contribution is 6.36. The van der Waals surface area contributed by atoms with Crippen molar-refractivity contribution in [2.75, 3.05) is 40.0 Å². The number of anilines is 1. The Bertz CT molecular complexity index is 1190. The van der Waals surface area contributed by atoms with E-state index in [1.165, 1.54) is 12.1 Å². The molecule has 1 aromatic heterocycles. The average Bonchev–Trinajstić information content (AvgIpc) is 2.82. The van der Waals surface area contributed by atoms with Crippen molar-refractivity contribution in [3.63, 3.8) is 0 Å². The van der Waals surface area contributed by atoms with E-state index in [0.717, 1.165) is 24.1 Å². The lowest BCUT2D eigenvalue weighted by molar-refractivity contribution is 0.0790. The number of aromatic nitrogens is 1. The van der Waals surface area contributed by atoms with Gasteiger partial charge in [-0.2, -0.15) is 0 Å². The van der Waals surface area contributed by atoms with Gasteiger partial charge in [0.15, 0.2) is 11.6 Å². The molecule has 1 heterocycles. The lowest BCUT2D eigenvalue weighted by Crippen LogP contribution is -2.29. The van der Waals surface area contributed by atoms with Gasteiger partial charge in [-0.25, -0.2) is 9.37 Å². The second-order valence-corrected chi connectivity index (χ2v) is 9.37. The smallest absolute Gasteiger partial charge is 0.253 e. The van der Waals surface area contributed by atoms with Gasteiger partial charge in [0.1, 0.15) is 11.9 Å². The number of nitrogen functional groups attached to an aromatic ring is 1. The van der Waals surface area contributed by atoms with E-state index in [-0.39, 0.29) is 16.7 Å². The molecule has 0 saturated carbocycles. The van der Waals surface area contributed by atoms with Gasteiger partial charge in [-0.05, 0) is 69.9 Å². The number of nitrogens with zero attached hydrogens (tertiary/aromatic N) is 3. The number of hydrogen-bond donors (Lipinski definition) is 1. The van der Waals surface area contributed by atoms with Crippen molar-refractivity contribution in [2.24, 2.45) is 0 Å². The molecule has 0 unspecified atom stereocenters. The summed E-state index contributed by atoms with van der Waals surface area (Å²) < 4.78 is 19.9. The number of nitrogens with two attached hydrogens (primary N) is 1. The van der Waals surface area contributed by atoms with Crippen molar-refractivity contribution in [2.45, 2.75) is 19.4 Å². The number of halogens is 3. The van der Waals surface area contributed by atoms with Crippen molar-refractivity contribution < 1.29 is 13.9 Å². The van der Waals surface area contributed by atoms with Crippen molar-refractivity contribution in [3.05, 3.63) is 75.7 Å². The highest BCUT2D eigenvalue weighted by Crippen LogP contribution is 2.37. The second-order valence-electron chi connectivity index (χ2n) is 8.59. The van der Waals surface area contributed by atoms with Crippen LogP contribution in [0, 0.1) is 5.82 Å². The second kappa shape index (κ2) is 11.7. The van der Waals surface area contributed by atoms with Crippen molar-refractivity contribution >= 4 is 34.9 Å². The fraction of sp³-hybridized carbons (Fsp3) is 0.308. The summed E-state index contributed by atoms with van der Waals surface area (Å²) >= 11 is 12.3. The number of carbonyl (C=O) groups excluding carboxylic acids is 1. The molecule has 35 heavy (non-hydrogen) atoms. The monoisotopic (exact) mass is 518 g/mol. The van der Waals surface area contributed by atoms with Gasteiger partial charge < -0.3 is 20.3 Å². The molecule has 0 radical (unpaired) electrons. The van der Waals surface area contributed by atoms with Crippen LogP contribution in [0.1, 0.15) is 35.4 Å². The van der Waals surface area contributed by atoms with Gasteiger partial charge in [-0.15, -0.1) is 0 Å². The average molecular weight is 519 g/mol. The summed E-state index contributed by atoms with van der Waals surface area (Å²) in [5.41, 5.74) is 8.54. The van der Waals surface area contributed by atoms with E-state index in [9.17, 15) is 9.18 Å². The molecule has 6 nitrogen and oxygen atoms in total. The SMILES string of the molecule is C[C@@H](Oc1cc(-c2ccc(C(=O)N(C)CCCN(C)C)cc2)cnc1N)c1c(Cl)ccc(F)c1Cl. The molecule has 3 aromatic rings. The van der Waals surface area contributed by atoms with Crippen molar-refractivity contribution in [1.82, 2.24) is 14.8 Å². The Morgan fingerprint density at radius 2 is 1.77 bits per heavy atom. The van der Waals surface area contributed by atoms with E-state index >= 15 is 0 Å². The first-order valence-electron chi connectivity index (χ1n) is 11.1. The molecule has 0 aliphatic rings. The van der Waals surface area contributed by atoms with Crippen LogP contribution < -0.4 is 10.5 Å². The predicted molar refractivity (Wildman–Crippen MR) is 140 cm³/mol. The third kappa shape index (κ3) is 6.63. The van der Waals surface area contributed by atoms with Gasteiger partial charge in [-0.3, -0.25) is 4.79 Å². The van der Waals surface area contributed by atoms with E-state index in [0.29, 0.717) is 28.4 Å². The van der Waals surface area contributed by atoms with Gasteiger partial charge in [0.2, 0.25) is 0 Å². The van der Waals surface area contributed by atoms with Gasteiger partial charge >= 0.3 is 0 Å². The Morgan fingerprint density at radius 1 is 1.09 bits per heavy atom. The lowest BCUT2D eigenvalue weighted by Gasteiger charge is -2.19. The van der Waals surface area contributed by atoms with E-state index in [1.54, 1.807) is 43.3 Å². The minimum atomic E-state index is -0.673. The summed E-state index contributed by atoms with van der Waals surface area (Å²) in [6, 6.07) is 11.6. The third-order valence-electron chi connectivity index (χ3n) is 5.58. The normalized spacial score (nSPS) is 12.0. The lowest BCUT2D eigenvalue weighted by atomic mass is 10.0. The zero-order chi connectivity index (χ0) is 25.7. The molecule has 2 aromatic carbocycles. The topological polar surface area (TPSA) is 71.7 Å². The molecule has 0 aliphatic carbocycles. The van der Waals surface area contributed by atoms with Crippen LogP contribution in [0.2, 0.25) is 10.0 Å². The first-order chi connectivity index (χ1) is 16.6. The molecule has 9 heteroatoms. The third-order valence-corrected chi connectivity index (χ3v) is 6.30. The van der Waals surface area contributed by atoms with Crippen LogP contribution in [0.15, 0.2) is 48.7 Å². The van der Waals surface area contributed by atoms with E-state index in [1.807, 2.05) is 26.2 Å². The molecule has 1 atom stereocenters. The molecular formula is C26H29Cl2FN4O2. The van der Waals surface area contributed by atoms with E-state index < -0.39 is 11.9 Å². The maximum absolute atomic E-state index is 13.9. The first kappa shape index (κ1) is 26.7. The largest absolute Gasteiger partial charge is 0.482 e. The number of rotatable bonds is 9. The molecule has 0 saturated heterocycles. The number of pyridine rings is 1. The highest BCUT2D eigenvalue weighted by Gasteiger charge is 2.20. The Morgan fingerprint density at radius 3 is 2.43 bits per heavy atom. The van der Waals surface area contributed by atoms with Crippen LogP contribution in [0.3, 0.4) is 0 Å². The number of amides is 1. The predicted octanol–water partition coefficient (Wildman–Crippen LogP) is 5.94. The zero-order valence-corrected chi connectivity index (χ0v) is 21.7. The molecule has 0 spiro atoms. The summed E-state index contributed by atoms with van der Waals surface area (Å²) in [7, 11) is 5.82.